The number of para-hydroxylation sites is 1. The van der Waals surface area contributed by atoms with Gasteiger partial charge in [-0.05, 0) is 55.7 Å². The highest BCUT2D eigenvalue weighted by molar-refractivity contribution is 6.24. The Kier molecular flexibility index (Phi) is 7.43. The number of rotatable bonds is 9. The molecule has 0 radical (unpaired) electrons. The number of carbonyl (C=O) groups is 5. The highest BCUT2D eigenvalue weighted by Crippen LogP contribution is 2.35. The van der Waals surface area contributed by atoms with Gasteiger partial charge in [-0.2, -0.15) is 0 Å². The quantitative estimate of drug-likeness (QED) is 0.187. The predicted molar refractivity (Wildman–Crippen MR) is 163 cm³/mol. The van der Waals surface area contributed by atoms with Crippen LogP contribution in [0.15, 0.2) is 54.6 Å². The van der Waals surface area contributed by atoms with E-state index in [0.717, 1.165) is 16.0 Å². The highest BCUT2D eigenvalue weighted by atomic mass is 16.5. The van der Waals surface area contributed by atoms with E-state index < -0.39 is 29.7 Å². The summed E-state index contributed by atoms with van der Waals surface area (Å²) in [6, 6.07) is 14.6. The maximum absolute atomic E-state index is 13.2. The molecule has 0 spiro atoms. The molecule has 234 valence electrons. The van der Waals surface area contributed by atoms with Gasteiger partial charge in [0.2, 0.25) is 17.7 Å². The van der Waals surface area contributed by atoms with Crippen LogP contribution in [0.2, 0.25) is 0 Å². The lowest BCUT2D eigenvalue weighted by molar-refractivity contribution is -0.137. The molecule has 3 N–H and O–H groups in total. The van der Waals surface area contributed by atoms with Gasteiger partial charge in [-0.15, -0.1) is 10.2 Å². The number of hydrogen-bond donors (Lipinski definition) is 3. The molecule has 13 heteroatoms. The minimum Gasteiger partial charge on any atom is -0.507 e. The molecule has 1 unspecified atom stereocenters. The SMILES string of the molecule is O=C1CCC(N2C(=O)c3cccc(OCCCCC(=O)N4CC(c5cc6cc(-c7ccccc7O)nnc6[nH]5)C4)c3C2=O)C(=O)N1. The first-order valence-electron chi connectivity index (χ1n) is 15.2. The topological polar surface area (TPSA) is 175 Å². The van der Waals surface area contributed by atoms with Gasteiger partial charge in [0.25, 0.3) is 11.8 Å². The first-order valence-corrected chi connectivity index (χ1v) is 15.2. The van der Waals surface area contributed by atoms with Crippen molar-refractivity contribution < 1.29 is 33.8 Å². The molecule has 1 atom stereocenters. The number of fused-ring (bicyclic) bond motifs is 2. The number of nitrogens with zero attached hydrogens (tertiary/aromatic N) is 4. The number of aromatic nitrogens is 3. The van der Waals surface area contributed by atoms with Crippen molar-refractivity contribution in [3.63, 3.8) is 0 Å². The van der Waals surface area contributed by atoms with E-state index in [1.54, 1.807) is 30.3 Å². The molecule has 7 rings (SSSR count). The van der Waals surface area contributed by atoms with E-state index in [9.17, 15) is 29.1 Å². The number of nitrogens with one attached hydrogen (secondary N) is 2. The van der Waals surface area contributed by atoms with E-state index in [1.807, 2.05) is 23.1 Å². The van der Waals surface area contributed by atoms with Crippen LogP contribution in [0.3, 0.4) is 0 Å². The van der Waals surface area contributed by atoms with E-state index in [4.69, 9.17) is 4.74 Å². The maximum atomic E-state index is 13.2. The van der Waals surface area contributed by atoms with E-state index in [2.05, 4.69) is 20.5 Å². The smallest absolute Gasteiger partial charge is 0.266 e. The van der Waals surface area contributed by atoms with Crippen molar-refractivity contribution in [2.45, 2.75) is 44.1 Å². The van der Waals surface area contributed by atoms with Crippen molar-refractivity contribution in [1.29, 1.82) is 0 Å². The van der Waals surface area contributed by atoms with Crippen LogP contribution >= 0.6 is 0 Å². The summed E-state index contributed by atoms with van der Waals surface area (Å²) >= 11 is 0. The van der Waals surface area contributed by atoms with Crippen LogP contribution in [0, 0.1) is 0 Å². The summed E-state index contributed by atoms with van der Waals surface area (Å²) in [6.45, 7) is 1.43. The van der Waals surface area contributed by atoms with Gasteiger partial charge in [0.15, 0.2) is 5.65 Å². The van der Waals surface area contributed by atoms with Crippen molar-refractivity contribution in [1.82, 2.24) is 30.3 Å². The van der Waals surface area contributed by atoms with Gasteiger partial charge < -0.3 is 19.7 Å². The summed E-state index contributed by atoms with van der Waals surface area (Å²) in [6.07, 6.45) is 1.63. The Morgan fingerprint density at radius 3 is 2.57 bits per heavy atom. The van der Waals surface area contributed by atoms with Gasteiger partial charge in [-0.25, -0.2) is 0 Å². The van der Waals surface area contributed by atoms with Crippen molar-refractivity contribution in [3.8, 4) is 22.8 Å². The van der Waals surface area contributed by atoms with Crippen molar-refractivity contribution >= 4 is 40.6 Å². The lowest BCUT2D eigenvalue weighted by atomic mass is 9.95. The number of unbranched alkanes of at least 4 members (excludes halogenated alkanes) is 1. The summed E-state index contributed by atoms with van der Waals surface area (Å²) in [5.74, 6) is -1.70. The fraction of sp³-hybridized carbons (Fsp3) is 0.303. The number of phenolic OH excluding ortho intramolecular Hbond substituents is 1. The molecular weight excluding hydrogens is 592 g/mol. The summed E-state index contributed by atoms with van der Waals surface area (Å²) < 4.78 is 5.87. The van der Waals surface area contributed by atoms with Crippen molar-refractivity contribution in [3.05, 3.63) is 71.4 Å². The van der Waals surface area contributed by atoms with Crippen molar-refractivity contribution in [2.75, 3.05) is 19.7 Å². The fourth-order valence-corrected chi connectivity index (χ4v) is 6.20. The van der Waals surface area contributed by atoms with Gasteiger partial charge in [-0.3, -0.25) is 34.2 Å². The van der Waals surface area contributed by atoms with Gasteiger partial charge in [-0.1, -0.05) is 18.2 Å². The second-order valence-electron chi connectivity index (χ2n) is 11.7. The normalized spacial score (nSPS) is 18.1. The number of ether oxygens (including phenoxy) is 1. The number of likely N-dealkylation sites (tertiary alicyclic amines) is 1. The van der Waals surface area contributed by atoms with Crippen LogP contribution < -0.4 is 10.1 Å². The molecule has 2 aromatic heterocycles. The molecule has 2 fully saturated rings. The minimum absolute atomic E-state index is 0.0465. The highest BCUT2D eigenvalue weighted by Gasteiger charge is 2.46. The van der Waals surface area contributed by atoms with Crippen LogP contribution in [0.4, 0.5) is 0 Å². The first-order chi connectivity index (χ1) is 22.3. The Hall–Kier alpha value is -5.59. The summed E-state index contributed by atoms with van der Waals surface area (Å²) in [4.78, 5) is 68.9. The van der Waals surface area contributed by atoms with Crippen molar-refractivity contribution in [2.24, 2.45) is 0 Å². The number of carbonyl (C=O) groups excluding carboxylic acids is 5. The first kappa shape index (κ1) is 29.1. The van der Waals surface area contributed by atoms with E-state index >= 15 is 0 Å². The van der Waals surface area contributed by atoms with Crippen LogP contribution in [0.1, 0.15) is 64.4 Å². The molecular formula is C33H30N6O7. The Labute approximate surface area is 262 Å². The zero-order valence-corrected chi connectivity index (χ0v) is 24.7. The number of benzene rings is 2. The van der Waals surface area contributed by atoms with Crippen LogP contribution in [0.25, 0.3) is 22.3 Å². The van der Waals surface area contributed by atoms with Gasteiger partial charge in [0.1, 0.15) is 17.5 Å². The summed E-state index contributed by atoms with van der Waals surface area (Å²) in [5, 5.41) is 21.7. The minimum atomic E-state index is -1.04. The number of imide groups is 2. The van der Waals surface area contributed by atoms with Gasteiger partial charge in [0, 0.05) is 48.5 Å². The number of piperidine rings is 1. The largest absolute Gasteiger partial charge is 0.507 e. The molecule has 0 saturated carbocycles. The lowest BCUT2D eigenvalue weighted by Crippen LogP contribution is -2.54. The van der Waals surface area contributed by atoms with Crippen LogP contribution in [-0.2, 0) is 14.4 Å². The third-order valence-electron chi connectivity index (χ3n) is 8.72. The van der Waals surface area contributed by atoms with E-state index in [1.165, 1.54) is 6.07 Å². The second-order valence-corrected chi connectivity index (χ2v) is 11.7. The average Bonchev–Trinajstić information content (AvgIpc) is 3.54. The number of aromatic amines is 1. The summed E-state index contributed by atoms with van der Waals surface area (Å²) in [7, 11) is 0. The van der Waals surface area contributed by atoms with E-state index in [-0.39, 0.29) is 53.9 Å². The number of amides is 5. The van der Waals surface area contributed by atoms with E-state index in [0.29, 0.717) is 49.3 Å². The Bertz CT molecular complexity index is 1910. The predicted octanol–water partition coefficient (Wildman–Crippen LogP) is 2.91. The number of hydrogen-bond acceptors (Lipinski definition) is 9. The fourth-order valence-electron chi connectivity index (χ4n) is 6.20. The third-order valence-corrected chi connectivity index (χ3v) is 8.72. The molecule has 13 nitrogen and oxygen atoms in total. The Balaban J connectivity index is 0.887. The zero-order valence-electron chi connectivity index (χ0n) is 24.7. The Morgan fingerprint density at radius 2 is 1.76 bits per heavy atom. The zero-order chi connectivity index (χ0) is 31.9. The Morgan fingerprint density at radius 1 is 0.957 bits per heavy atom. The van der Waals surface area contributed by atoms with Crippen LogP contribution in [0.5, 0.6) is 11.5 Å². The third kappa shape index (κ3) is 5.23. The monoisotopic (exact) mass is 622 g/mol. The molecule has 2 saturated heterocycles. The standard InChI is InChI=1S/C33H30N6O7/c40-25-8-2-1-6-20(25)23-15-18-14-22(34-30(18)37-36-23)19-16-38(17-19)28(42)10-3-4-13-46-26-9-5-7-21-29(26)33(45)39(32(21)44)24-11-12-27(41)35-31(24)43/h1-2,5-9,14-15,19,24,40H,3-4,10-13,16-17H2,(H,34,37)(H,35,41,43). The number of H-pyrrole nitrogens is 1. The molecule has 4 aromatic rings. The second kappa shape index (κ2) is 11.7. The van der Waals surface area contributed by atoms with Gasteiger partial charge >= 0.3 is 0 Å². The molecule has 0 aliphatic carbocycles. The number of phenols is 1. The summed E-state index contributed by atoms with van der Waals surface area (Å²) in [5.41, 5.74) is 3.09. The average molecular weight is 623 g/mol. The molecule has 2 aromatic carbocycles. The maximum Gasteiger partial charge on any atom is 0.266 e. The lowest BCUT2D eigenvalue weighted by Gasteiger charge is -2.39. The molecule has 3 aliphatic heterocycles. The number of aromatic hydroxyl groups is 1. The molecule has 46 heavy (non-hydrogen) atoms. The molecule has 5 heterocycles. The molecule has 5 amide bonds. The molecule has 0 bridgehead atoms. The molecule has 3 aliphatic rings. The van der Waals surface area contributed by atoms with Gasteiger partial charge in [0.05, 0.1) is 23.4 Å². The van der Waals surface area contributed by atoms with Crippen LogP contribution in [-0.4, -0.2) is 85.4 Å².